The van der Waals surface area contributed by atoms with Crippen molar-refractivity contribution in [3.8, 4) is 22.5 Å². The molecule has 0 spiro atoms. The predicted molar refractivity (Wildman–Crippen MR) is 148 cm³/mol. The number of carbonyl (C=O) groups excluding carboxylic acids is 2. The largest absolute Gasteiger partial charge is 0.455 e. The van der Waals surface area contributed by atoms with Crippen molar-refractivity contribution < 1.29 is 31.6 Å². The first-order chi connectivity index (χ1) is 20.0. The van der Waals surface area contributed by atoms with Crippen molar-refractivity contribution >= 4 is 22.5 Å². The molecule has 6 nitrogen and oxygen atoms in total. The summed E-state index contributed by atoms with van der Waals surface area (Å²) in [6.07, 6.45) is -3.36. The van der Waals surface area contributed by atoms with Crippen LogP contribution < -0.4 is 0 Å². The first-order valence-corrected chi connectivity index (χ1v) is 13.5. The topological polar surface area (TPSA) is 88.8 Å². The third-order valence-electron chi connectivity index (χ3n) is 7.86. The highest BCUT2D eigenvalue weighted by Gasteiger charge is 2.50. The molecule has 1 saturated carbocycles. The second kappa shape index (κ2) is 10.0. The molecule has 2 heterocycles. The number of Topliss-reactive ketones (excluding diaryl/α,β-unsaturated/α-hetero) is 2. The fourth-order valence-corrected chi connectivity index (χ4v) is 5.31. The number of ketones is 2. The average Bonchev–Trinajstić information content (AvgIpc) is 3.38. The maximum Gasteiger partial charge on any atom is 0.453 e. The molecule has 214 valence electrons. The molecule has 1 N–H and O–H groups in total. The minimum Gasteiger partial charge on any atom is -0.455 e. The normalized spacial score (nSPS) is 14.3. The molecule has 1 aliphatic rings. The number of hydrogen-bond acceptors (Lipinski definition) is 5. The highest BCUT2D eigenvalue weighted by molar-refractivity contribution is 6.12. The van der Waals surface area contributed by atoms with E-state index in [9.17, 15) is 27.2 Å². The van der Waals surface area contributed by atoms with Crippen molar-refractivity contribution in [1.29, 1.82) is 0 Å². The Morgan fingerprint density at radius 2 is 1.69 bits per heavy atom. The van der Waals surface area contributed by atoms with Gasteiger partial charge in [0.1, 0.15) is 23.0 Å². The number of aryl methyl sites for hydroxylation is 1. The van der Waals surface area contributed by atoms with Crippen LogP contribution in [0.1, 0.15) is 70.5 Å². The van der Waals surface area contributed by atoms with Gasteiger partial charge in [-0.15, -0.1) is 5.10 Å². The van der Waals surface area contributed by atoms with Crippen LogP contribution in [0, 0.1) is 12.7 Å². The molecule has 0 bridgehead atoms. The van der Waals surface area contributed by atoms with Gasteiger partial charge in [-0.1, -0.05) is 25.1 Å². The van der Waals surface area contributed by atoms with E-state index in [1.54, 1.807) is 37.3 Å². The summed E-state index contributed by atoms with van der Waals surface area (Å²) in [5.41, 5.74) is 3.54. The van der Waals surface area contributed by atoms with Crippen molar-refractivity contribution in [3.05, 3.63) is 94.8 Å². The molecule has 10 heteroatoms. The third-order valence-corrected chi connectivity index (χ3v) is 7.86. The SMILES string of the molecule is CCC(=O)c1c(-c2ccc(F)cc2)oc2ccc(-c3cc(C(=O)CC4(c5nc(C(F)(F)F)n[nH]5)CC4)ccc3C)cc12. The van der Waals surface area contributed by atoms with Crippen molar-refractivity contribution in [2.75, 3.05) is 0 Å². The summed E-state index contributed by atoms with van der Waals surface area (Å²) >= 11 is 0. The zero-order valence-corrected chi connectivity index (χ0v) is 22.7. The number of aromatic amines is 1. The Morgan fingerprint density at radius 1 is 0.976 bits per heavy atom. The standard InChI is InChI=1S/C32H25F4N3O3/c1-3-24(40)27-23-14-19(8-11-26(23)42-28(27)18-6-9-21(33)10-7-18)22-15-20(5-4-17(22)2)25(41)16-31(12-13-31)29-37-30(39-38-29)32(34,35)36/h4-11,14-15H,3,12-13,16H2,1-2H3,(H,37,38,39). The van der Waals surface area contributed by atoms with Crippen LogP contribution in [0.15, 0.2) is 65.1 Å². The highest BCUT2D eigenvalue weighted by Crippen LogP contribution is 2.50. The Bertz CT molecular complexity index is 1850. The van der Waals surface area contributed by atoms with Crippen molar-refractivity contribution in [1.82, 2.24) is 15.2 Å². The van der Waals surface area contributed by atoms with E-state index in [0.717, 1.165) is 16.7 Å². The smallest absolute Gasteiger partial charge is 0.453 e. The van der Waals surface area contributed by atoms with E-state index >= 15 is 0 Å². The predicted octanol–water partition coefficient (Wildman–Crippen LogP) is 8.25. The molecule has 0 atom stereocenters. The van der Waals surface area contributed by atoms with Gasteiger partial charge in [-0.3, -0.25) is 14.7 Å². The van der Waals surface area contributed by atoms with Crippen molar-refractivity contribution in [2.24, 2.45) is 0 Å². The van der Waals surface area contributed by atoms with Gasteiger partial charge >= 0.3 is 6.18 Å². The summed E-state index contributed by atoms with van der Waals surface area (Å²) in [4.78, 5) is 30.1. The molecule has 3 aromatic carbocycles. The van der Waals surface area contributed by atoms with Crippen molar-refractivity contribution in [3.63, 3.8) is 0 Å². The lowest BCUT2D eigenvalue weighted by atomic mass is 9.91. The summed E-state index contributed by atoms with van der Waals surface area (Å²) in [6.45, 7) is 3.66. The molecule has 5 aromatic rings. The number of alkyl halides is 3. The maximum atomic E-state index is 13.6. The molecule has 42 heavy (non-hydrogen) atoms. The van der Waals surface area contributed by atoms with Crippen LogP contribution in [-0.4, -0.2) is 26.7 Å². The molecule has 1 fully saturated rings. The molecule has 0 saturated heterocycles. The van der Waals surface area contributed by atoms with Gasteiger partial charge in [-0.2, -0.15) is 13.2 Å². The van der Waals surface area contributed by atoms with E-state index in [-0.39, 0.29) is 30.2 Å². The number of benzene rings is 3. The Balaban J connectivity index is 1.35. The quantitative estimate of drug-likeness (QED) is 0.149. The van der Waals surface area contributed by atoms with E-state index in [1.807, 2.05) is 25.1 Å². The zero-order chi connectivity index (χ0) is 29.8. The van der Waals surface area contributed by atoms with Crippen LogP contribution in [0.4, 0.5) is 17.6 Å². The lowest BCUT2D eigenvalue weighted by Crippen LogP contribution is -2.16. The van der Waals surface area contributed by atoms with Gasteiger partial charge in [0.2, 0.25) is 0 Å². The lowest BCUT2D eigenvalue weighted by molar-refractivity contribution is -0.144. The number of hydrogen-bond donors (Lipinski definition) is 1. The van der Waals surface area contributed by atoms with Gasteiger partial charge in [-0.05, 0) is 78.9 Å². The second-order valence-corrected chi connectivity index (χ2v) is 10.7. The molecule has 6 rings (SSSR count). The van der Waals surface area contributed by atoms with Gasteiger partial charge in [0.15, 0.2) is 11.6 Å². The molecule has 0 radical (unpaired) electrons. The van der Waals surface area contributed by atoms with Crippen LogP contribution in [0.3, 0.4) is 0 Å². The van der Waals surface area contributed by atoms with Crippen LogP contribution in [0.5, 0.6) is 0 Å². The van der Waals surface area contributed by atoms with Gasteiger partial charge < -0.3 is 4.42 Å². The number of fused-ring (bicyclic) bond motifs is 1. The monoisotopic (exact) mass is 575 g/mol. The lowest BCUT2D eigenvalue weighted by Gasteiger charge is -2.13. The Kier molecular flexibility index (Phi) is 6.59. The minimum atomic E-state index is -4.67. The van der Waals surface area contributed by atoms with Crippen LogP contribution in [0.2, 0.25) is 0 Å². The Hall–Kier alpha value is -4.60. The van der Waals surface area contributed by atoms with Crippen LogP contribution >= 0.6 is 0 Å². The molecule has 0 amide bonds. The molecule has 2 aromatic heterocycles. The van der Waals surface area contributed by atoms with E-state index in [0.29, 0.717) is 46.3 Å². The number of halogens is 4. The van der Waals surface area contributed by atoms with Gasteiger partial charge in [-0.25, -0.2) is 9.37 Å². The number of H-pyrrole nitrogens is 1. The summed E-state index contributed by atoms with van der Waals surface area (Å²) in [6, 6.07) is 16.5. The van der Waals surface area contributed by atoms with E-state index in [2.05, 4.69) is 15.2 Å². The second-order valence-electron chi connectivity index (χ2n) is 10.7. The Labute approximate surface area is 237 Å². The van der Waals surface area contributed by atoms with Gasteiger partial charge in [0, 0.05) is 34.8 Å². The number of furan rings is 1. The van der Waals surface area contributed by atoms with Crippen LogP contribution in [-0.2, 0) is 11.6 Å². The first kappa shape index (κ1) is 27.6. The summed E-state index contributed by atoms with van der Waals surface area (Å²) in [7, 11) is 0. The van der Waals surface area contributed by atoms with E-state index in [4.69, 9.17) is 4.42 Å². The Morgan fingerprint density at radius 3 is 2.33 bits per heavy atom. The molecule has 0 aliphatic heterocycles. The molecule has 0 unspecified atom stereocenters. The highest BCUT2D eigenvalue weighted by atomic mass is 19.4. The van der Waals surface area contributed by atoms with Crippen molar-refractivity contribution in [2.45, 2.75) is 51.1 Å². The summed E-state index contributed by atoms with van der Waals surface area (Å²) in [5, 5.41) is 6.29. The number of nitrogens with zero attached hydrogens (tertiary/aromatic N) is 2. The maximum absolute atomic E-state index is 13.6. The number of nitrogens with one attached hydrogen (secondary N) is 1. The first-order valence-electron chi connectivity index (χ1n) is 13.5. The number of aromatic nitrogens is 3. The third kappa shape index (κ3) is 4.91. The zero-order valence-electron chi connectivity index (χ0n) is 22.7. The molecular weight excluding hydrogens is 550 g/mol. The summed E-state index contributed by atoms with van der Waals surface area (Å²) < 4.78 is 58.7. The number of carbonyl (C=O) groups is 2. The number of rotatable bonds is 8. The fraction of sp³-hybridized carbons (Fsp3) is 0.250. The van der Waals surface area contributed by atoms with E-state index in [1.165, 1.54) is 12.1 Å². The molecular formula is C32H25F4N3O3. The summed E-state index contributed by atoms with van der Waals surface area (Å²) in [5.74, 6) is -1.54. The fourth-order valence-electron chi connectivity index (χ4n) is 5.31. The van der Waals surface area contributed by atoms with Crippen LogP contribution in [0.25, 0.3) is 33.4 Å². The average molecular weight is 576 g/mol. The van der Waals surface area contributed by atoms with E-state index < -0.39 is 23.2 Å². The van der Waals surface area contributed by atoms with Gasteiger partial charge in [0.25, 0.3) is 5.82 Å². The van der Waals surface area contributed by atoms with Gasteiger partial charge in [0.05, 0.1) is 5.56 Å². The molecule has 1 aliphatic carbocycles. The minimum absolute atomic E-state index is 0.00105.